The third-order valence-electron chi connectivity index (χ3n) is 5.15. The van der Waals surface area contributed by atoms with Gasteiger partial charge in [0, 0.05) is 29.7 Å². The molecule has 0 amide bonds. The molecule has 1 N–H and O–H groups in total. The van der Waals surface area contributed by atoms with Crippen molar-refractivity contribution in [1.82, 2.24) is 9.88 Å². The fourth-order valence-electron chi connectivity index (χ4n) is 4.00. The number of benzene rings is 1. The molecule has 1 aromatic carbocycles. The van der Waals surface area contributed by atoms with Crippen LogP contribution in [0, 0.1) is 17.2 Å². The Hall–Kier alpha value is -1.76. The predicted molar refractivity (Wildman–Crippen MR) is 88.7 cm³/mol. The largest absolute Gasteiger partial charge is 0.361 e. The number of hydrogen-bond acceptors (Lipinski definition) is 2. The first kappa shape index (κ1) is 13.9. The molecule has 0 saturated carbocycles. The Bertz CT molecular complexity index is 787. The lowest BCUT2D eigenvalue weighted by Crippen LogP contribution is -2.58. The number of nitrogens with zero attached hydrogens (tertiary/aromatic N) is 2. The Labute approximate surface area is 135 Å². The molecule has 22 heavy (non-hydrogen) atoms. The molecule has 1 aliphatic carbocycles. The van der Waals surface area contributed by atoms with Gasteiger partial charge >= 0.3 is 0 Å². The van der Waals surface area contributed by atoms with Crippen molar-refractivity contribution in [3.63, 3.8) is 0 Å². The van der Waals surface area contributed by atoms with Crippen LogP contribution in [-0.4, -0.2) is 27.3 Å². The van der Waals surface area contributed by atoms with Crippen LogP contribution in [0.3, 0.4) is 0 Å². The predicted octanol–water partition coefficient (Wildman–Crippen LogP) is 3.99. The van der Waals surface area contributed by atoms with E-state index in [0.29, 0.717) is 5.92 Å². The molecule has 0 spiro atoms. The molecule has 3 nitrogen and oxygen atoms in total. The molecule has 1 saturated heterocycles. The van der Waals surface area contributed by atoms with Crippen LogP contribution in [0.4, 0.5) is 0 Å². The summed E-state index contributed by atoms with van der Waals surface area (Å²) in [7, 11) is 0. The summed E-state index contributed by atoms with van der Waals surface area (Å²) in [5.74, 6) is 0.370. The van der Waals surface area contributed by atoms with Gasteiger partial charge in [0.25, 0.3) is 0 Å². The first-order valence-corrected chi connectivity index (χ1v) is 8.10. The maximum atomic E-state index is 9.53. The van der Waals surface area contributed by atoms with Gasteiger partial charge in [0.05, 0.1) is 12.1 Å². The van der Waals surface area contributed by atoms with E-state index >= 15 is 0 Å². The zero-order chi connectivity index (χ0) is 15.3. The molecule has 4 atom stereocenters. The molecule has 2 aliphatic heterocycles. The number of nitrogens with one attached hydrogen (secondary N) is 1. The van der Waals surface area contributed by atoms with E-state index in [-0.39, 0.29) is 12.1 Å². The fraction of sp³-hybridized carbons (Fsp3) is 0.389. The molecule has 0 radical (unpaired) electrons. The molecular formula is C18H18ClN3. The second kappa shape index (κ2) is 4.87. The van der Waals surface area contributed by atoms with Gasteiger partial charge in [0.2, 0.25) is 0 Å². The first-order valence-electron chi connectivity index (χ1n) is 7.72. The Morgan fingerprint density at radius 3 is 3.00 bits per heavy atom. The normalized spacial score (nSPS) is 32.2. The van der Waals surface area contributed by atoms with E-state index in [1.54, 1.807) is 0 Å². The van der Waals surface area contributed by atoms with Crippen LogP contribution in [-0.2, 0) is 0 Å². The number of para-hydroxylation sites is 1. The van der Waals surface area contributed by atoms with Crippen LogP contribution in [0.25, 0.3) is 10.9 Å². The van der Waals surface area contributed by atoms with Gasteiger partial charge in [-0.05, 0) is 30.9 Å². The van der Waals surface area contributed by atoms with Crippen molar-refractivity contribution in [3.05, 3.63) is 48.2 Å². The van der Waals surface area contributed by atoms with E-state index in [1.807, 2.05) is 6.07 Å². The first-order chi connectivity index (χ1) is 10.6. The molecule has 2 bridgehead atoms. The van der Waals surface area contributed by atoms with Gasteiger partial charge in [-0.1, -0.05) is 30.4 Å². The van der Waals surface area contributed by atoms with Crippen molar-refractivity contribution < 1.29 is 0 Å². The van der Waals surface area contributed by atoms with E-state index in [0.717, 1.165) is 18.5 Å². The summed E-state index contributed by atoms with van der Waals surface area (Å²) in [6.07, 6.45) is 7.19. The number of nitriles is 1. The van der Waals surface area contributed by atoms with Gasteiger partial charge in [-0.15, -0.1) is 11.6 Å². The fourth-order valence-corrected chi connectivity index (χ4v) is 4.39. The van der Waals surface area contributed by atoms with Crippen LogP contribution in [0.2, 0.25) is 0 Å². The molecule has 1 aromatic heterocycles. The van der Waals surface area contributed by atoms with Gasteiger partial charge in [0.15, 0.2) is 4.87 Å². The smallest absolute Gasteiger partial charge is 0.150 e. The number of fused-ring (bicyclic) bond motifs is 3. The third kappa shape index (κ3) is 1.91. The monoisotopic (exact) mass is 311 g/mol. The van der Waals surface area contributed by atoms with Crippen molar-refractivity contribution >= 4 is 22.5 Å². The minimum absolute atomic E-state index is 0.0205. The van der Waals surface area contributed by atoms with Crippen molar-refractivity contribution in [2.75, 3.05) is 6.54 Å². The minimum Gasteiger partial charge on any atom is -0.361 e. The summed E-state index contributed by atoms with van der Waals surface area (Å²) in [5.41, 5.74) is 2.42. The number of piperidine rings is 1. The number of aromatic nitrogens is 1. The average Bonchev–Trinajstić information content (AvgIpc) is 2.98. The molecule has 3 heterocycles. The molecule has 1 fully saturated rings. The zero-order valence-electron chi connectivity index (χ0n) is 12.5. The zero-order valence-corrected chi connectivity index (χ0v) is 13.2. The highest BCUT2D eigenvalue weighted by Crippen LogP contribution is 2.45. The van der Waals surface area contributed by atoms with E-state index in [1.165, 1.54) is 10.9 Å². The van der Waals surface area contributed by atoms with E-state index in [2.05, 4.69) is 59.4 Å². The van der Waals surface area contributed by atoms with Gasteiger partial charge in [-0.3, -0.25) is 4.90 Å². The van der Waals surface area contributed by atoms with Crippen LogP contribution >= 0.6 is 11.6 Å². The van der Waals surface area contributed by atoms with Crippen LogP contribution in [0.5, 0.6) is 0 Å². The summed E-state index contributed by atoms with van der Waals surface area (Å²) < 4.78 is 0. The van der Waals surface area contributed by atoms with Crippen molar-refractivity contribution in [2.24, 2.45) is 5.92 Å². The minimum atomic E-state index is -0.794. The molecule has 5 rings (SSSR count). The van der Waals surface area contributed by atoms with Crippen molar-refractivity contribution in [3.8, 4) is 6.07 Å². The number of halogens is 1. The number of alkyl halides is 1. The maximum Gasteiger partial charge on any atom is 0.150 e. The maximum absolute atomic E-state index is 9.53. The summed E-state index contributed by atoms with van der Waals surface area (Å²) in [4.78, 5) is 4.93. The summed E-state index contributed by atoms with van der Waals surface area (Å²) in [6, 6.07) is 10.9. The summed E-state index contributed by atoms with van der Waals surface area (Å²) in [5, 5.41) is 10.8. The highest BCUT2D eigenvalue weighted by Gasteiger charge is 2.49. The Balaban J connectivity index is 1.73. The second-order valence-corrected chi connectivity index (χ2v) is 7.11. The lowest BCUT2D eigenvalue weighted by atomic mass is 9.76. The number of H-pyrrole nitrogens is 1. The topological polar surface area (TPSA) is 42.8 Å². The number of aromatic amines is 1. The standard InChI is InChI=1S/C18H18ClN3/c1-12(15-9-21-16-5-3-2-4-14(15)16)22-10-13-6-7-17(22)18(19,8-13)11-20/h2-7,9,12-13,17,21H,8,10H2,1H3. The molecule has 4 unspecified atom stereocenters. The molecule has 4 heteroatoms. The van der Waals surface area contributed by atoms with Gasteiger partial charge in [-0.2, -0.15) is 5.26 Å². The van der Waals surface area contributed by atoms with Gasteiger partial charge < -0.3 is 4.98 Å². The van der Waals surface area contributed by atoms with Gasteiger partial charge in [-0.25, -0.2) is 0 Å². The third-order valence-corrected chi connectivity index (χ3v) is 5.61. The van der Waals surface area contributed by atoms with Crippen LogP contribution in [0.15, 0.2) is 42.6 Å². The van der Waals surface area contributed by atoms with Crippen LogP contribution in [0.1, 0.15) is 24.9 Å². The van der Waals surface area contributed by atoms with Crippen molar-refractivity contribution in [2.45, 2.75) is 30.3 Å². The second-order valence-electron chi connectivity index (χ2n) is 6.43. The molecule has 2 aromatic rings. The van der Waals surface area contributed by atoms with Gasteiger partial charge in [0.1, 0.15) is 0 Å². The van der Waals surface area contributed by atoms with E-state index < -0.39 is 4.87 Å². The highest BCUT2D eigenvalue weighted by molar-refractivity contribution is 6.26. The SMILES string of the molecule is CC(c1c[nH]c2ccccc12)N1CC2C=CC1C(Cl)(C#N)C2. The van der Waals surface area contributed by atoms with E-state index in [9.17, 15) is 5.26 Å². The lowest BCUT2D eigenvalue weighted by molar-refractivity contribution is 0.0807. The highest BCUT2D eigenvalue weighted by atomic mass is 35.5. The molecule has 112 valence electrons. The number of hydrogen-bond donors (Lipinski definition) is 1. The van der Waals surface area contributed by atoms with E-state index in [4.69, 9.17) is 11.6 Å². The number of rotatable bonds is 2. The quantitative estimate of drug-likeness (QED) is 0.673. The Morgan fingerprint density at radius 1 is 1.41 bits per heavy atom. The molecular weight excluding hydrogens is 294 g/mol. The van der Waals surface area contributed by atoms with Crippen LogP contribution < -0.4 is 0 Å². The lowest BCUT2D eigenvalue weighted by Gasteiger charge is -2.50. The Morgan fingerprint density at radius 2 is 2.23 bits per heavy atom. The summed E-state index contributed by atoms with van der Waals surface area (Å²) in [6.45, 7) is 3.18. The Kier molecular flexibility index (Phi) is 3.07. The molecule has 3 aliphatic rings. The average molecular weight is 312 g/mol. The van der Waals surface area contributed by atoms with Crippen molar-refractivity contribution in [1.29, 1.82) is 5.26 Å². The summed E-state index contributed by atoms with van der Waals surface area (Å²) >= 11 is 6.61.